The highest BCUT2D eigenvalue weighted by Crippen LogP contribution is 2.35. The summed E-state index contributed by atoms with van der Waals surface area (Å²) in [6.07, 6.45) is -3.20. The summed E-state index contributed by atoms with van der Waals surface area (Å²) in [4.78, 5) is 11.8. The number of nitrogens with zero attached hydrogens (tertiary/aromatic N) is 3. The Morgan fingerprint density at radius 1 is 0.923 bits per heavy atom. The largest absolute Gasteiger partial charge is 0.454 e. The average molecular weight is 360 g/mol. The molecule has 0 fully saturated rings. The minimum Gasteiger partial charge on any atom is -0.454 e. The molecule has 4 rings (SSSR count). The topological polar surface area (TPSA) is 69.2 Å². The van der Waals surface area contributed by atoms with Crippen LogP contribution in [0.2, 0.25) is 0 Å². The number of aromatic nitrogens is 3. The molecule has 1 aromatic carbocycles. The van der Waals surface area contributed by atoms with E-state index in [1.54, 1.807) is 18.2 Å². The van der Waals surface area contributed by atoms with Gasteiger partial charge in [0.2, 0.25) is 6.79 Å². The Morgan fingerprint density at radius 2 is 1.77 bits per heavy atom. The van der Waals surface area contributed by atoms with Crippen LogP contribution in [0.5, 0.6) is 11.5 Å². The predicted octanol–water partition coefficient (Wildman–Crippen LogP) is 4.03. The highest BCUT2D eigenvalue weighted by molar-refractivity contribution is 5.67. The first-order valence-corrected chi connectivity index (χ1v) is 7.52. The van der Waals surface area contributed by atoms with Crippen molar-refractivity contribution < 1.29 is 22.6 Å². The molecule has 0 saturated carbocycles. The number of benzene rings is 1. The summed E-state index contributed by atoms with van der Waals surface area (Å²) >= 11 is 0. The molecule has 1 aliphatic rings. The van der Waals surface area contributed by atoms with E-state index in [-0.39, 0.29) is 12.6 Å². The zero-order valence-electron chi connectivity index (χ0n) is 13.1. The van der Waals surface area contributed by atoms with Crippen molar-refractivity contribution >= 4 is 11.6 Å². The molecule has 0 aliphatic carbocycles. The van der Waals surface area contributed by atoms with Gasteiger partial charge in [0.05, 0.1) is 5.69 Å². The number of fused-ring (bicyclic) bond motifs is 1. The van der Waals surface area contributed by atoms with E-state index in [2.05, 4.69) is 20.3 Å². The Kier molecular flexibility index (Phi) is 3.83. The lowest BCUT2D eigenvalue weighted by atomic mass is 10.1. The van der Waals surface area contributed by atoms with E-state index in [4.69, 9.17) is 9.47 Å². The molecule has 26 heavy (non-hydrogen) atoms. The SMILES string of the molecule is FC(F)(F)c1cccc(Nc2cc(-c3ccc4c(c3)OCO4)ncn2)n1. The molecular weight excluding hydrogens is 349 g/mol. The van der Waals surface area contributed by atoms with Gasteiger partial charge in [0.1, 0.15) is 23.7 Å². The summed E-state index contributed by atoms with van der Waals surface area (Å²) in [6, 6.07) is 10.6. The Hall–Kier alpha value is -3.36. The average Bonchev–Trinajstić information content (AvgIpc) is 3.09. The van der Waals surface area contributed by atoms with E-state index < -0.39 is 11.9 Å². The maximum atomic E-state index is 12.8. The van der Waals surface area contributed by atoms with Gasteiger partial charge in [0.15, 0.2) is 11.5 Å². The van der Waals surface area contributed by atoms with E-state index in [0.717, 1.165) is 11.6 Å². The fourth-order valence-electron chi connectivity index (χ4n) is 2.43. The van der Waals surface area contributed by atoms with Gasteiger partial charge in [-0.05, 0) is 30.3 Å². The summed E-state index contributed by atoms with van der Waals surface area (Å²) < 4.78 is 48.9. The Balaban J connectivity index is 1.61. The highest BCUT2D eigenvalue weighted by atomic mass is 19.4. The van der Waals surface area contributed by atoms with Gasteiger partial charge in [-0.1, -0.05) is 6.07 Å². The molecule has 1 N–H and O–H groups in total. The number of hydrogen-bond acceptors (Lipinski definition) is 6. The van der Waals surface area contributed by atoms with Gasteiger partial charge in [-0.25, -0.2) is 15.0 Å². The van der Waals surface area contributed by atoms with Crippen molar-refractivity contribution in [3.05, 3.63) is 54.5 Å². The van der Waals surface area contributed by atoms with Gasteiger partial charge < -0.3 is 14.8 Å². The summed E-state index contributed by atoms with van der Waals surface area (Å²) in [5, 5.41) is 2.76. The van der Waals surface area contributed by atoms with Crippen LogP contribution in [0, 0.1) is 0 Å². The summed E-state index contributed by atoms with van der Waals surface area (Å²) in [6.45, 7) is 0.163. The minimum absolute atomic E-state index is 0.0372. The molecule has 6 nitrogen and oxygen atoms in total. The van der Waals surface area contributed by atoms with Crippen molar-refractivity contribution in [1.29, 1.82) is 0 Å². The number of hydrogen-bond donors (Lipinski definition) is 1. The predicted molar refractivity (Wildman–Crippen MR) is 86.1 cm³/mol. The molecule has 0 atom stereocenters. The van der Waals surface area contributed by atoms with Crippen molar-refractivity contribution in [2.45, 2.75) is 6.18 Å². The van der Waals surface area contributed by atoms with Crippen molar-refractivity contribution in [3.8, 4) is 22.8 Å². The number of rotatable bonds is 3. The number of alkyl halides is 3. The number of halogens is 3. The Bertz CT molecular complexity index is 963. The second kappa shape index (κ2) is 6.17. The smallest absolute Gasteiger partial charge is 0.433 e. The second-order valence-electron chi connectivity index (χ2n) is 5.39. The number of nitrogens with one attached hydrogen (secondary N) is 1. The minimum atomic E-state index is -4.51. The van der Waals surface area contributed by atoms with Crippen molar-refractivity contribution in [2.75, 3.05) is 12.1 Å². The summed E-state index contributed by atoms with van der Waals surface area (Å²) in [5.74, 6) is 1.61. The van der Waals surface area contributed by atoms with Gasteiger partial charge >= 0.3 is 6.18 Å². The van der Waals surface area contributed by atoms with Gasteiger partial charge in [-0.15, -0.1) is 0 Å². The third kappa shape index (κ3) is 3.23. The van der Waals surface area contributed by atoms with E-state index in [1.165, 1.54) is 18.5 Å². The van der Waals surface area contributed by atoms with Gasteiger partial charge in [0.25, 0.3) is 0 Å². The summed E-state index contributed by atoms with van der Waals surface area (Å²) in [7, 11) is 0. The monoisotopic (exact) mass is 360 g/mol. The van der Waals surface area contributed by atoms with Crippen molar-refractivity contribution in [1.82, 2.24) is 15.0 Å². The number of ether oxygens (including phenoxy) is 2. The van der Waals surface area contributed by atoms with Crippen LogP contribution in [0.3, 0.4) is 0 Å². The van der Waals surface area contributed by atoms with Crippen LogP contribution in [-0.4, -0.2) is 21.7 Å². The molecular formula is C17H11F3N4O2. The van der Waals surface area contributed by atoms with Gasteiger partial charge in [0, 0.05) is 11.6 Å². The van der Waals surface area contributed by atoms with Crippen molar-refractivity contribution in [2.24, 2.45) is 0 Å². The normalized spacial score (nSPS) is 12.9. The molecule has 0 amide bonds. The molecule has 3 heterocycles. The second-order valence-corrected chi connectivity index (χ2v) is 5.39. The van der Waals surface area contributed by atoms with Crippen LogP contribution < -0.4 is 14.8 Å². The highest BCUT2D eigenvalue weighted by Gasteiger charge is 2.32. The maximum absolute atomic E-state index is 12.8. The third-order valence-electron chi connectivity index (χ3n) is 3.63. The third-order valence-corrected chi connectivity index (χ3v) is 3.63. The van der Waals surface area contributed by atoms with Crippen LogP contribution in [0.25, 0.3) is 11.3 Å². The van der Waals surface area contributed by atoms with Gasteiger partial charge in [-0.2, -0.15) is 13.2 Å². The lowest BCUT2D eigenvalue weighted by molar-refractivity contribution is -0.141. The van der Waals surface area contributed by atoms with Gasteiger partial charge in [-0.3, -0.25) is 0 Å². The zero-order chi connectivity index (χ0) is 18.1. The van der Waals surface area contributed by atoms with E-state index in [0.29, 0.717) is 23.0 Å². The fraction of sp³-hybridized carbons (Fsp3) is 0.118. The molecule has 132 valence electrons. The standard InChI is InChI=1S/C17H11F3N4O2/c18-17(19,20)14-2-1-3-15(23-14)24-16-7-11(21-8-22-16)10-4-5-12-13(6-10)26-9-25-12/h1-8H,9H2,(H,21,22,23,24). The molecule has 0 radical (unpaired) electrons. The molecule has 0 unspecified atom stereocenters. The lowest BCUT2D eigenvalue weighted by Gasteiger charge is -2.10. The molecule has 9 heteroatoms. The lowest BCUT2D eigenvalue weighted by Crippen LogP contribution is -2.09. The van der Waals surface area contributed by atoms with E-state index in [9.17, 15) is 13.2 Å². The van der Waals surface area contributed by atoms with Crippen molar-refractivity contribution in [3.63, 3.8) is 0 Å². The first kappa shape index (κ1) is 16.1. The zero-order valence-corrected chi connectivity index (χ0v) is 13.1. The van der Waals surface area contributed by atoms with E-state index in [1.807, 2.05) is 6.07 Å². The summed E-state index contributed by atoms with van der Waals surface area (Å²) in [5.41, 5.74) is 0.358. The molecule has 1 aliphatic heterocycles. The maximum Gasteiger partial charge on any atom is 0.433 e. The van der Waals surface area contributed by atoms with Crippen LogP contribution in [0.15, 0.2) is 48.8 Å². The molecule has 0 spiro atoms. The Morgan fingerprint density at radius 3 is 2.62 bits per heavy atom. The molecule has 0 bridgehead atoms. The molecule has 3 aromatic rings. The number of pyridine rings is 1. The van der Waals surface area contributed by atoms with Crippen LogP contribution in [0.1, 0.15) is 5.69 Å². The quantitative estimate of drug-likeness (QED) is 0.761. The Labute approximate surface area is 145 Å². The fourth-order valence-corrected chi connectivity index (χ4v) is 2.43. The first-order chi connectivity index (χ1) is 12.5. The van der Waals surface area contributed by atoms with Crippen LogP contribution >= 0.6 is 0 Å². The molecule has 2 aromatic heterocycles. The number of anilines is 2. The first-order valence-electron chi connectivity index (χ1n) is 7.52. The van der Waals surface area contributed by atoms with E-state index >= 15 is 0 Å². The molecule has 0 saturated heterocycles. The van der Waals surface area contributed by atoms with Crippen LogP contribution in [-0.2, 0) is 6.18 Å². The van der Waals surface area contributed by atoms with Crippen LogP contribution in [0.4, 0.5) is 24.8 Å².